The van der Waals surface area contributed by atoms with E-state index < -0.39 is 15.9 Å². The number of sulfone groups is 1. The molecule has 0 aromatic heterocycles. The molecule has 1 rings (SSSR count). The second kappa shape index (κ2) is 6.17. The summed E-state index contributed by atoms with van der Waals surface area (Å²) in [4.78, 5) is 0. The van der Waals surface area contributed by atoms with Gasteiger partial charge in [0.1, 0.15) is 15.6 Å². The lowest BCUT2D eigenvalue weighted by Crippen LogP contribution is -2.32. The van der Waals surface area contributed by atoms with E-state index in [0.717, 1.165) is 11.3 Å². The highest BCUT2D eigenvalue weighted by Gasteiger charge is 2.16. The molecule has 6 heteroatoms. The van der Waals surface area contributed by atoms with Crippen LogP contribution in [0.3, 0.4) is 0 Å². The molecule has 0 saturated carbocycles. The molecule has 0 radical (unpaired) electrons. The van der Waals surface area contributed by atoms with Gasteiger partial charge >= 0.3 is 0 Å². The number of rotatable bonds is 6. The molecular formula is C12H20N2O3S. The van der Waals surface area contributed by atoms with E-state index in [1.54, 1.807) is 0 Å². The largest absolute Gasteiger partial charge is 0.491 e. The molecule has 0 fully saturated rings. The normalized spacial score (nSPS) is 13.6. The van der Waals surface area contributed by atoms with Gasteiger partial charge in [0.2, 0.25) is 0 Å². The molecule has 0 aliphatic rings. The van der Waals surface area contributed by atoms with Gasteiger partial charge in [-0.15, -0.1) is 0 Å². The average molecular weight is 272 g/mol. The van der Waals surface area contributed by atoms with Crippen LogP contribution in [0.15, 0.2) is 24.3 Å². The molecule has 1 atom stereocenters. The lowest BCUT2D eigenvalue weighted by molar-refractivity contribution is 0.242. The molecule has 3 N–H and O–H groups in total. The first-order valence-electron chi connectivity index (χ1n) is 5.72. The summed E-state index contributed by atoms with van der Waals surface area (Å²) in [5, 5.41) is 0. The predicted molar refractivity (Wildman–Crippen MR) is 72.0 cm³/mol. The summed E-state index contributed by atoms with van der Waals surface area (Å²) >= 11 is 0. The Bertz CT molecular complexity index is 469. The van der Waals surface area contributed by atoms with E-state index in [1.165, 1.54) is 6.26 Å². The Hall–Kier alpha value is -1.11. The highest BCUT2D eigenvalue weighted by atomic mass is 32.2. The van der Waals surface area contributed by atoms with Gasteiger partial charge in [0.25, 0.3) is 0 Å². The van der Waals surface area contributed by atoms with Gasteiger partial charge < -0.3 is 4.74 Å². The summed E-state index contributed by atoms with van der Waals surface area (Å²) in [6.45, 7) is 3.89. The number of benzene rings is 1. The predicted octanol–water partition coefficient (Wildman–Crippen LogP) is 1.02. The number of hydrazine groups is 1. The molecule has 1 aromatic carbocycles. The van der Waals surface area contributed by atoms with Crippen molar-refractivity contribution >= 4 is 9.84 Å². The average Bonchev–Trinajstić information content (AvgIpc) is 2.25. The third-order valence-electron chi connectivity index (χ3n) is 2.32. The Balaban J connectivity index is 2.82. The molecule has 1 unspecified atom stereocenters. The minimum absolute atomic E-state index is 0.0338. The van der Waals surface area contributed by atoms with Crippen LogP contribution in [-0.4, -0.2) is 26.5 Å². The summed E-state index contributed by atoms with van der Waals surface area (Å²) in [7, 11) is -3.09. The SMILES string of the molecule is CC(C)Oc1ccc(C(CS(C)(=O)=O)NN)cc1. The van der Waals surface area contributed by atoms with Crippen molar-refractivity contribution in [2.75, 3.05) is 12.0 Å². The maximum absolute atomic E-state index is 11.3. The monoisotopic (exact) mass is 272 g/mol. The molecule has 0 aliphatic heterocycles. The summed E-state index contributed by atoms with van der Waals surface area (Å²) in [5.74, 6) is 6.10. The van der Waals surface area contributed by atoms with Crippen molar-refractivity contribution in [1.29, 1.82) is 0 Å². The van der Waals surface area contributed by atoms with E-state index >= 15 is 0 Å². The molecule has 0 heterocycles. The number of hydrogen-bond donors (Lipinski definition) is 2. The minimum Gasteiger partial charge on any atom is -0.491 e. The summed E-state index contributed by atoms with van der Waals surface area (Å²) in [6.07, 6.45) is 1.29. The zero-order valence-electron chi connectivity index (χ0n) is 10.9. The maximum Gasteiger partial charge on any atom is 0.149 e. The Labute approximate surface area is 108 Å². The lowest BCUT2D eigenvalue weighted by Gasteiger charge is -2.16. The van der Waals surface area contributed by atoms with Crippen molar-refractivity contribution < 1.29 is 13.2 Å². The second-order valence-electron chi connectivity index (χ2n) is 4.55. The standard InChI is InChI=1S/C12H20N2O3S/c1-9(2)17-11-6-4-10(5-7-11)12(14-13)8-18(3,15)16/h4-7,9,12,14H,8,13H2,1-3H3. The van der Waals surface area contributed by atoms with Gasteiger partial charge in [-0.05, 0) is 31.5 Å². The maximum atomic E-state index is 11.3. The molecule has 0 aliphatic carbocycles. The highest BCUT2D eigenvalue weighted by Crippen LogP contribution is 2.19. The van der Waals surface area contributed by atoms with E-state index in [1.807, 2.05) is 38.1 Å². The first-order chi connectivity index (χ1) is 8.31. The van der Waals surface area contributed by atoms with Gasteiger partial charge in [-0.1, -0.05) is 12.1 Å². The molecule has 102 valence electrons. The zero-order valence-corrected chi connectivity index (χ0v) is 11.7. The van der Waals surface area contributed by atoms with Gasteiger partial charge in [-0.3, -0.25) is 11.3 Å². The minimum atomic E-state index is -3.09. The van der Waals surface area contributed by atoms with E-state index in [-0.39, 0.29) is 11.9 Å². The fourth-order valence-corrected chi connectivity index (χ4v) is 2.49. The van der Waals surface area contributed by atoms with Crippen LogP contribution in [0.1, 0.15) is 25.5 Å². The van der Waals surface area contributed by atoms with Crippen LogP contribution in [0.5, 0.6) is 5.75 Å². The van der Waals surface area contributed by atoms with Crippen molar-refractivity contribution in [2.24, 2.45) is 5.84 Å². The van der Waals surface area contributed by atoms with Crippen molar-refractivity contribution in [1.82, 2.24) is 5.43 Å². The second-order valence-corrected chi connectivity index (χ2v) is 6.73. The smallest absolute Gasteiger partial charge is 0.149 e. The number of hydrogen-bond acceptors (Lipinski definition) is 5. The van der Waals surface area contributed by atoms with Crippen molar-refractivity contribution in [2.45, 2.75) is 26.0 Å². The number of nitrogens with one attached hydrogen (secondary N) is 1. The van der Waals surface area contributed by atoms with E-state index in [4.69, 9.17) is 10.6 Å². The first-order valence-corrected chi connectivity index (χ1v) is 7.78. The number of ether oxygens (including phenoxy) is 1. The van der Waals surface area contributed by atoms with Crippen LogP contribution < -0.4 is 16.0 Å². The van der Waals surface area contributed by atoms with Crippen LogP contribution >= 0.6 is 0 Å². The van der Waals surface area contributed by atoms with Gasteiger partial charge in [0, 0.05) is 6.26 Å². The van der Waals surface area contributed by atoms with Crippen LogP contribution in [0, 0.1) is 0 Å². The van der Waals surface area contributed by atoms with E-state index in [0.29, 0.717) is 0 Å². The molecule has 18 heavy (non-hydrogen) atoms. The summed E-state index contributed by atoms with van der Waals surface area (Å²) < 4.78 is 28.0. The summed E-state index contributed by atoms with van der Waals surface area (Å²) in [5.41, 5.74) is 3.33. The van der Waals surface area contributed by atoms with Crippen LogP contribution in [-0.2, 0) is 9.84 Å². The van der Waals surface area contributed by atoms with Gasteiger partial charge in [0.15, 0.2) is 0 Å². The number of nitrogens with two attached hydrogens (primary N) is 1. The quantitative estimate of drug-likeness (QED) is 0.597. The van der Waals surface area contributed by atoms with Crippen LogP contribution in [0.25, 0.3) is 0 Å². The summed E-state index contributed by atoms with van der Waals surface area (Å²) in [6, 6.07) is 6.83. The van der Waals surface area contributed by atoms with Crippen molar-refractivity contribution in [3.63, 3.8) is 0 Å². The van der Waals surface area contributed by atoms with E-state index in [2.05, 4.69) is 5.43 Å². The Kier molecular flexibility index (Phi) is 5.13. The molecular weight excluding hydrogens is 252 g/mol. The molecule has 0 bridgehead atoms. The Morgan fingerprint density at radius 2 is 1.83 bits per heavy atom. The fraction of sp³-hybridized carbons (Fsp3) is 0.500. The van der Waals surface area contributed by atoms with Crippen molar-refractivity contribution in [3.8, 4) is 5.75 Å². The third-order valence-corrected chi connectivity index (χ3v) is 3.26. The molecule has 0 saturated heterocycles. The molecule has 0 spiro atoms. The molecule has 1 aromatic rings. The van der Waals surface area contributed by atoms with Crippen molar-refractivity contribution in [3.05, 3.63) is 29.8 Å². The topological polar surface area (TPSA) is 81.4 Å². The Morgan fingerprint density at radius 3 is 2.22 bits per heavy atom. The van der Waals surface area contributed by atoms with Crippen LogP contribution in [0.4, 0.5) is 0 Å². The van der Waals surface area contributed by atoms with E-state index in [9.17, 15) is 8.42 Å². The van der Waals surface area contributed by atoms with Gasteiger partial charge in [-0.2, -0.15) is 0 Å². The fourth-order valence-electron chi connectivity index (χ4n) is 1.59. The highest BCUT2D eigenvalue weighted by molar-refractivity contribution is 7.90. The Morgan fingerprint density at radius 1 is 1.28 bits per heavy atom. The lowest BCUT2D eigenvalue weighted by atomic mass is 10.1. The van der Waals surface area contributed by atoms with Gasteiger partial charge in [0.05, 0.1) is 17.9 Å². The third kappa shape index (κ3) is 5.03. The van der Waals surface area contributed by atoms with Crippen LogP contribution in [0.2, 0.25) is 0 Å². The van der Waals surface area contributed by atoms with Gasteiger partial charge in [-0.25, -0.2) is 8.42 Å². The first kappa shape index (κ1) is 14.9. The molecule has 5 nitrogen and oxygen atoms in total. The molecule has 0 amide bonds. The zero-order chi connectivity index (χ0) is 13.8.